The number of methoxy groups -OCH3 is 2. The molecular weight excluding hydrogens is 320 g/mol. The summed E-state index contributed by atoms with van der Waals surface area (Å²) in [5.74, 6) is 0.868. The Morgan fingerprint density at radius 2 is 1.80 bits per heavy atom. The summed E-state index contributed by atoms with van der Waals surface area (Å²) in [5.41, 5.74) is 1.83. The summed E-state index contributed by atoms with van der Waals surface area (Å²) in [6, 6.07) is 8.71. The van der Waals surface area contributed by atoms with Crippen LogP contribution in [-0.4, -0.2) is 57.2 Å². The number of nitrogens with one attached hydrogen (secondary N) is 2. The Kier molecular flexibility index (Phi) is 6.59. The zero-order valence-electron chi connectivity index (χ0n) is 15.0. The molecule has 25 heavy (non-hydrogen) atoms. The number of rotatable bonds is 8. The molecular formula is C18H24N4O3. The van der Waals surface area contributed by atoms with Gasteiger partial charge in [0.1, 0.15) is 5.69 Å². The van der Waals surface area contributed by atoms with Gasteiger partial charge in [-0.05, 0) is 38.4 Å². The van der Waals surface area contributed by atoms with Crippen molar-refractivity contribution in [2.75, 3.05) is 52.0 Å². The second-order valence-electron chi connectivity index (χ2n) is 5.69. The van der Waals surface area contributed by atoms with Crippen LogP contribution in [0.5, 0.6) is 11.5 Å². The molecule has 0 fully saturated rings. The highest BCUT2D eigenvalue weighted by Gasteiger charge is 2.10. The van der Waals surface area contributed by atoms with Crippen LogP contribution in [0, 0.1) is 0 Å². The van der Waals surface area contributed by atoms with Crippen LogP contribution in [0.25, 0.3) is 0 Å². The molecule has 0 bridgehead atoms. The molecule has 7 heteroatoms. The Bertz CT molecular complexity index is 702. The molecule has 1 amide bonds. The number of hydrogen-bond acceptors (Lipinski definition) is 6. The Balaban J connectivity index is 1.98. The van der Waals surface area contributed by atoms with Gasteiger partial charge < -0.3 is 25.0 Å². The van der Waals surface area contributed by atoms with Crippen molar-refractivity contribution < 1.29 is 14.3 Å². The van der Waals surface area contributed by atoms with E-state index in [2.05, 4.69) is 20.5 Å². The van der Waals surface area contributed by atoms with Gasteiger partial charge in [-0.15, -0.1) is 0 Å². The van der Waals surface area contributed by atoms with Crippen LogP contribution in [0.3, 0.4) is 0 Å². The van der Waals surface area contributed by atoms with Gasteiger partial charge in [-0.2, -0.15) is 0 Å². The van der Waals surface area contributed by atoms with E-state index in [4.69, 9.17) is 9.47 Å². The lowest BCUT2D eigenvalue weighted by Crippen LogP contribution is -2.21. The zero-order chi connectivity index (χ0) is 18.2. The first kappa shape index (κ1) is 18.5. The number of nitrogens with zero attached hydrogens (tertiary/aromatic N) is 2. The summed E-state index contributed by atoms with van der Waals surface area (Å²) in [4.78, 5) is 18.6. The van der Waals surface area contributed by atoms with Crippen LogP contribution in [-0.2, 0) is 0 Å². The molecule has 0 spiro atoms. The van der Waals surface area contributed by atoms with Crippen molar-refractivity contribution >= 4 is 17.3 Å². The maximum absolute atomic E-state index is 12.3. The number of ether oxygens (including phenoxy) is 2. The Hall–Kier alpha value is -2.80. The molecule has 7 nitrogen and oxygen atoms in total. The van der Waals surface area contributed by atoms with E-state index in [-0.39, 0.29) is 5.91 Å². The lowest BCUT2D eigenvalue weighted by molar-refractivity contribution is 0.102. The highest BCUT2D eigenvalue weighted by molar-refractivity contribution is 6.03. The first-order valence-corrected chi connectivity index (χ1v) is 7.91. The highest BCUT2D eigenvalue weighted by Crippen LogP contribution is 2.29. The van der Waals surface area contributed by atoms with E-state index < -0.39 is 0 Å². The Labute approximate surface area is 148 Å². The van der Waals surface area contributed by atoms with Gasteiger partial charge in [0.25, 0.3) is 5.91 Å². The van der Waals surface area contributed by atoms with Crippen molar-refractivity contribution in [3.63, 3.8) is 0 Å². The third-order valence-corrected chi connectivity index (χ3v) is 3.53. The average Bonchev–Trinajstić information content (AvgIpc) is 2.61. The van der Waals surface area contributed by atoms with Crippen molar-refractivity contribution in [1.82, 2.24) is 9.88 Å². The number of amides is 1. The molecule has 1 aromatic heterocycles. The first-order chi connectivity index (χ1) is 12.0. The third-order valence-electron chi connectivity index (χ3n) is 3.53. The van der Waals surface area contributed by atoms with Crippen LogP contribution in [0.1, 0.15) is 10.5 Å². The standard InChI is InChI=1S/C18H24N4O3/c1-22(2)10-9-19-14-5-7-15(20-12-14)18(23)21-13-6-8-16(24-3)17(11-13)25-4/h5-8,11-12,19H,9-10H2,1-4H3,(H,21,23). The van der Waals surface area contributed by atoms with E-state index >= 15 is 0 Å². The maximum Gasteiger partial charge on any atom is 0.274 e. The molecule has 134 valence electrons. The number of carbonyl (C=O) groups excluding carboxylic acids is 1. The van der Waals surface area contributed by atoms with E-state index in [9.17, 15) is 4.79 Å². The highest BCUT2D eigenvalue weighted by atomic mass is 16.5. The summed E-state index contributed by atoms with van der Waals surface area (Å²) in [5, 5.41) is 6.05. The van der Waals surface area contributed by atoms with Crippen LogP contribution >= 0.6 is 0 Å². The largest absolute Gasteiger partial charge is 0.493 e. The monoisotopic (exact) mass is 344 g/mol. The molecule has 0 atom stereocenters. The van der Waals surface area contributed by atoms with Crippen molar-refractivity contribution in [1.29, 1.82) is 0 Å². The predicted molar refractivity (Wildman–Crippen MR) is 98.8 cm³/mol. The molecule has 0 radical (unpaired) electrons. The van der Waals surface area contributed by atoms with E-state index in [1.54, 1.807) is 44.7 Å². The van der Waals surface area contributed by atoms with Crippen LogP contribution in [0.4, 0.5) is 11.4 Å². The molecule has 0 saturated carbocycles. The molecule has 0 aliphatic heterocycles. The van der Waals surface area contributed by atoms with Gasteiger partial charge in [-0.1, -0.05) is 0 Å². The van der Waals surface area contributed by atoms with Gasteiger partial charge in [0.15, 0.2) is 11.5 Å². The van der Waals surface area contributed by atoms with Gasteiger partial charge in [0.05, 0.1) is 26.1 Å². The van der Waals surface area contributed by atoms with Crippen molar-refractivity contribution in [3.05, 3.63) is 42.2 Å². The number of likely N-dealkylation sites (N-methyl/N-ethyl adjacent to an activating group) is 1. The van der Waals surface area contributed by atoms with Gasteiger partial charge in [-0.3, -0.25) is 4.79 Å². The number of anilines is 2. The fourth-order valence-electron chi connectivity index (χ4n) is 2.17. The Morgan fingerprint density at radius 1 is 1.08 bits per heavy atom. The van der Waals surface area contributed by atoms with E-state index in [1.165, 1.54) is 0 Å². The number of pyridine rings is 1. The minimum atomic E-state index is -0.285. The minimum Gasteiger partial charge on any atom is -0.493 e. The first-order valence-electron chi connectivity index (χ1n) is 7.91. The van der Waals surface area contributed by atoms with Crippen LogP contribution in [0.15, 0.2) is 36.5 Å². The number of hydrogen-bond donors (Lipinski definition) is 2. The van der Waals surface area contributed by atoms with Gasteiger partial charge >= 0.3 is 0 Å². The van der Waals surface area contributed by atoms with Crippen molar-refractivity contribution in [2.45, 2.75) is 0 Å². The second-order valence-corrected chi connectivity index (χ2v) is 5.69. The lowest BCUT2D eigenvalue weighted by Gasteiger charge is -2.12. The molecule has 0 aliphatic rings. The number of aromatic nitrogens is 1. The lowest BCUT2D eigenvalue weighted by atomic mass is 10.2. The predicted octanol–water partition coefficient (Wildman–Crippen LogP) is 2.32. The molecule has 0 aliphatic carbocycles. The SMILES string of the molecule is COc1ccc(NC(=O)c2ccc(NCCN(C)C)cn2)cc1OC. The molecule has 2 rings (SSSR count). The van der Waals surface area contributed by atoms with E-state index in [0.717, 1.165) is 18.8 Å². The van der Waals surface area contributed by atoms with Crippen LogP contribution < -0.4 is 20.1 Å². The molecule has 0 unspecified atom stereocenters. The zero-order valence-corrected chi connectivity index (χ0v) is 15.0. The van der Waals surface area contributed by atoms with Gasteiger partial charge in [-0.25, -0.2) is 4.98 Å². The Morgan fingerprint density at radius 3 is 2.40 bits per heavy atom. The fourth-order valence-corrected chi connectivity index (χ4v) is 2.17. The summed E-state index contributed by atoms with van der Waals surface area (Å²) in [6.07, 6.45) is 1.65. The molecule has 0 saturated heterocycles. The van der Waals surface area contributed by atoms with Crippen molar-refractivity contribution in [3.8, 4) is 11.5 Å². The second kappa shape index (κ2) is 8.89. The van der Waals surface area contributed by atoms with Gasteiger partial charge in [0.2, 0.25) is 0 Å². The van der Waals surface area contributed by atoms with Gasteiger partial charge in [0, 0.05) is 24.8 Å². The fraction of sp³-hybridized carbons (Fsp3) is 0.333. The number of carbonyl (C=O) groups is 1. The molecule has 2 N–H and O–H groups in total. The number of benzene rings is 1. The molecule has 1 heterocycles. The minimum absolute atomic E-state index is 0.285. The topological polar surface area (TPSA) is 75.7 Å². The summed E-state index contributed by atoms with van der Waals surface area (Å²) in [6.45, 7) is 1.73. The third kappa shape index (κ3) is 5.36. The summed E-state index contributed by atoms with van der Waals surface area (Å²) >= 11 is 0. The molecule has 2 aromatic rings. The normalized spacial score (nSPS) is 10.4. The van der Waals surface area contributed by atoms with Crippen LogP contribution in [0.2, 0.25) is 0 Å². The average molecular weight is 344 g/mol. The smallest absolute Gasteiger partial charge is 0.274 e. The summed E-state index contributed by atoms with van der Waals surface area (Å²) < 4.78 is 10.4. The van der Waals surface area contributed by atoms with E-state index in [1.807, 2.05) is 20.2 Å². The maximum atomic E-state index is 12.3. The van der Waals surface area contributed by atoms with Crippen molar-refractivity contribution in [2.24, 2.45) is 0 Å². The quantitative estimate of drug-likeness (QED) is 0.765. The van der Waals surface area contributed by atoms with E-state index in [0.29, 0.717) is 22.9 Å². The molecule has 1 aromatic carbocycles. The summed E-state index contributed by atoms with van der Waals surface area (Å²) in [7, 11) is 7.14.